The second kappa shape index (κ2) is 7.17. The third-order valence-electron chi connectivity index (χ3n) is 1.84. The van der Waals surface area contributed by atoms with E-state index in [2.05, 4.69) is 6.92 Å². The molecule has 0 N–H and O–H groups in total. The summed E-state index contributed by atoms with van der Waals surface area (Å²) in [7, 11) is 0. The van der Waals surface area contributed by atoms with Crippen molar-refractivity contribution in [3.05, 3.63) is 0 Å². The van der Waals surface area contributed by atoms with Crippen LogP contribution in [0.1, 0.15) is 20.3 Å². The van der Waals surface area contributed by atoms with Crippen molar-refractivity contribution in [2.45, 2.75) is 32.7 Å². The van der Waals surface area contributed by atoms with E-state index in [1.165, 1.54) is 0 Å². The second-order valence-corrected chi connectivity index (χ2v) is 3.34. The fourth-order valence-electron chi connectivity index (χ4n) is 0.984. The summed E-state index contributed by atoms with van der Waals surface area (Å²) in [5.74, 6) is 0. The molecule has 14 heavy (non-hydrogen) atoms. The fraction of sp³-hybridized carbons (Fsp3) is 1.00. The predicted octanol–water partition coefficient (Wildman–Crippen LogP) is 1.19. The lowest BCUT2D eigenvalue weighted by Gasteiger charge is -2.13. The van der Waals surface area contributed by atoms with Gasteiger partial charge in [0.25, 0.3) is 0 Å². The van der Waals surface area contributed by atoms with Gasteiger partial charge in [0, 0.05) is 6.61 Å². The third-order valence-corrected chi connectivity index (χ3v) is 1.84. The first kappa shape index (κ1) is 11.9. The first-order chi connectivity index (χ1) is 6.83. The van der Waals surface area contributed by atoms with Crippen LogP contribution in [0, 0.1) is 0 Å². The molecule has 0 aromatic carbocycles. The van der Waals surface area contributed by atoms with Crippen molar-refractivity contribution in [3.8, 4) is 0 Å². The molecule has 0 aromatic rings. The van der Waals surface area contributed by atoms with E-state index in [0.29, 0.717) is 25.9 Å². The molecule has 0 aliphatic carbocycles. The van der Waals surface area contributed by atoms with Gasteiger partial charge in [-0.3, -0.25) is 0 Å². The number of hydrogen-bond acceptors (Lipinski definition) is 4. The Bertz CT molecular complexity index is 136. The molecule has 0 saturated carbocycles. The normalized spacial score (nSPS) is 22.3. The van der Waals surface area contributed by atoms with E-state index in [1.807, 2.05) is 6.92 Å². The Morgan fingerprint density at radius 3 is 2.64 bits per heavy atom. The molecule has 4 nitrogen and oxygen atoms in total. The van der Waals surface area contributed by atoms with E-state index in [1.54, 1.807) is 0 Å². The summed E-state index contributed by atoms with van der Waals surface area (Å²) in [5, 5.41) is 0. The molecule has 1 rings (SSSR count). The van der Waals surface area contributed by atoms with E-state index in [-0.39, 0.29) is 6.29 Å². The molecule has 1 aliphatic heterocycles. The van der Waals surface area contributed by atoms with Gasteiger partial charge in [-0.15, -0.1) is 0 Å². The maximum absolute atomic E-state index is 5.36. The number of epoxide rings is 1. The molecule has 1 heterocycles. The summed E-state index contributed by atoms with van der Waals surface area (Å²) in [5.41, 5.74) is 0. The molecule has 0 aromatic heterocycles. The average molecular weight is 204 g/mol. The van der Waals surface area contributed by atoms with Crippen molar-refractivity contribution in [2.24, 2.45) is 0 Å². The summed E-state index contributed by atoms with van der Waals surface area (Å²) in [6.07, 6.45) is 1.22. The molecule has 2 atom stereocenters. The highest BCUT2D eigenvalue weighted by atomic mass is 16.7. The first-order valence-electron chi connectivity index (χ1n) is 5.25. The van der Waals surface area contributed by atoms with Gasteiger partial charge in [-0.05, 0) is 13.3 Å². The smallest absolute Gasteiger partial charge is 0.154 e. The van der Waals surface area contributed by atoms with Crippen molar-refractivity contribution in [3.63, 3.8) is 0 Å². The van der Waals surface area contributed by atoms with Crippen LogP contribution in [0.25, 0.3) is 0 Å². The molecule has 0 bridgehead atoms. The minimum Gasteiger partial charge on any atom is -0.376 e. The minimum atomic E-state index is -0.129. The van der Waals surface area contributed by atoms with Crippen LogP contribution < -0.4 is 0 Å². The highest BCUT2D eigenvalue weighted by Gasteiger charge is 2.21. The highest BCUT2D eigenvalue weighted by molar-refractivity contribution is 4.66. The van der Waals surface area contributed by atoms with Gasteiger partial charge in [0.15, 0.2) is 6.29 Å². The third kappa shape index (κ3) is 6.32. The Morgan fingerprint density at radius 2 is 2.00 bits per heavy atom. The molecule has 1 saturated heterocycles. The van der Waals surface area contributed by atoms with Crippen molar-refractivity contribution in [2.75, 3.05) is 33.0 Å². The van der Waals surface area contributed by atoms with E-state index in [4.69, 9.17) is 18.9 Å². The van der Waals surface area contributed by atoms with Crippen LogP contribution in [0.5, 0.6) is 0 Å². The monoisotopic (exact) mass is 204 g/mol. The van der Waals surface area contributed by atoms with Crippen LogP contribution in [-0.4, -0.2) is 45.4 Å². The van der Waals surface area contributed by atoms with Crippen molar-refractivity contribution < 1.29 is 18.9 Å². The largest absolute Gasteiger partial charge is 0.376 e. The Balaban J connectivity index is 1.77. The molecule has 84 valence electrons. The zero-order valence-electron chi connectivity index (χ0n) is 9.03. The van der Waals surface area contributed by atoms with E-state index in [9.17, 15) is 0 Å². The van der Waals surface area contributed by atoms with Gasteiger partial charge < -0.3 is 18.9 Å². The summed E-state index contributed by atoms with van der Waals surface area (Å²) < 4.78 is 21.0. The molecule has 4 heteroatoms. The summed E-state index contributed by atoms with van der Waals surface area (Å²) in [4.78, 5) is 0. The lowest BCUT2D eigenvalue weighted by Crippen LogP contribution is -2.17. The quantitative estimate of drug-likeness (QED) is 0.321. The Kier molecular flexibility index (Phi) is 6.10. The summed E-state index contributed by atoms with van der Waals surface area (Å²) >= 11 is 0. The number of rotatable bonds is 9. The molecular formula is C10H20O4. The molecule has 1 fully saturated rings. The maximum Gasteiger partial charge on any atom is 0.154 e. The molecular weight excluding hydrogens is 184 g/mol. The van der Waals surface area contributed by atoms with Gasteiger partial charge in [-0.1, -0.05) is 6.92 Å². The standard InChI is InChI=1S/C10H20O4/c1-3-4-12-9(2)13-6-5-11-7-10-8-14-10/h9-10H,3-8H2,1-2H3. The lowest BCUT2D eigenvalue weighted by atomic mass is 10.5. The van der Waals surface area contributed by atoms with Crippen LogP contribution in [0.4, 0.5) is 0 Å². The van der Waals surface area contributed by atoms with Crippen molar-refractivity contribution in [1.29, 1.82) is 0 Å². The van der Waals surface area contributed by atoms with Gasteiger partial charge >= 0.3 is 0 Å². The Hall–Kier alpha value is -0.160. The molecule has 0 amide bonds. The van der Waals surface area contributed by atoms with Gasteiger partial charge in [0.05, 0.1) is 26.4 Å². The van der Waals surface area contributed by atoms with E-state index >= 15 is 0 Å². The number of ether oxygens (including phenoxy) is 4. The summed E-state index contributed by atoms with van der Waals surface area (Å²) in [6, 6.07) is 0. The van der Waals surface area contributed by atoms with Crippen molar-refractivity contribution in [1.82, 2.24) is 0 Å². The highest BCUT2D eigenvalue weighted by Crippen LogP contribution is 2.08. The van der Waals surface area contributed by atoms with Crippen LogP contribution >= 0.6 is 0 Å². The van der Waals surface area contributed by atoms with Gasteiger partial charge in [0.2, 0.25) is 0 Å². The first-order valence-corrected chi connectivity index (χ1v) is 5.25. The van der Waals surface area contributed by atoms with Crippen molar-refractivity contribution >= 4 is 0 Å². The van der Waals surface area contributed by atoms with Crippen LogP contribution in [0.2, 0.25) is 0 Å². The fourth-order valence-corrected chi connectivity index (χ4v) is 0.984. The zero-order chi connectivity index (χ0) is 10.2. The lowest BCUT2D eigenvalue weighted by molar-refractivity contribution is -0.139. The second-order valence-electron chi connectivity index (χ2n) is 3.34. The van der Waals surface area contributed by atoms with E-state index < -0.39 is 0 Å². The Morgan fingerprint density at radius 1 is 1.29 bits per heavy atom. The van der Waals surface area contributed by atoms with Gasteiger partial charge in [0.1, 0.15) is 6.10 Å². The molecule has 0 radical (unpaired) electrons. The molecule has 1 aliphatic rings. The number of hydrogen-bond donors (Lipinski definition) is 0. The minimum absolute atomic E-state index is 0.129. The van der Waals surface area contributed by atoms with E-state index in [0.717, 1.165) is 19.6 Å². The van der Waals surface area contributed by atoms with Crippen LogP contribution in [-0.2, 0) is 18.9 Å². The topological polar surface area (TPSA) is 40.2 Å². The summed E-state index contributed by atoms with van der Waals surface area (Å²) in [6.45, 7) is 7.45. The maximum atomic E-state index is 5.36. The van der Waals surface area contributed by atoms with Gasteiger partial charge in [-0.25, -0.2) is 0 Å². The molecule has 0 spiro atoms. The average Bonchev–Trinajstić information content (AvgIpc) is 2.98. The zero-order valence-corrected chi connectivity index (χ0v) is 9.03. The van der Waals surface area contributed by atoms with Crippen LogP contribution in [0.3, 0.4) is 0 Å². The predicted molar refractivity (Wildman–Crippen MR) is 52.2 cm³/mol. The van der Waals surface area contributed by atoms with Crippen LogP contribution in [0.15, 0.2) is 0 Å². The SMILES string of the molecule is CCCOC(C)OCCOCC1CO1. The Labute approximate surface area is 85.5 Å². The van der Waals surface area contributed by atoms with Gasteiger partial charge in [-0.2, -0.15) is 0 Å². The molecule has 2 unspecified atom stereocenters.